The van der Waals surface area contributed by atoms with Gasteiger partial charge in [-0.25, -0.2) is 23.4 Å². The lowest BCUT2D eigenvalue weighted by Crippen LogP contribution is -2.39. The number of nitrogens with one attached hydrogen (secondary N) is 3. The van der Waals surface area contributed by atoms with Crippen LogP contribution in [0.5, 0.6) is 0 Å². The van der Waals surface area contributed by atoms with Crippen molar-refractivity contribution in [2.45, 2.75) is 52.3 Å². The van der Waals surface area contributed by atoms with Crippen molar-refractivity contribution >= 4 is 29.2 Å². The van der Waals surface area contributed by atoms with Crippen LogP contribution in [-0.2, 0) is 6.54 Å². The number of halogens is 1. The van der Waals surface area contributed by atoms with Crippen molar-refractivity contribution in [2.75, 3.05) is 29.9 Å². The Hall–Kier alpha value is -4.72. The van der Waals surface area contributed by atoms with Gasteiger partial charge in [-0.05, 0) is 70.5 Å². The molecule has 5 rings (SSSR count). The van der Waals surface area contributed by atoms with Crippen LogP contribution >= 0.6 is 0 Å². The second-order valence-electron chi connectivity index (χ2n) is 10.9. The van der Waals surface area contributed by atoms with Crippen molar-refractivity contribution in [2.24, 2.45) is 0 Å². The Kier molecular flexibility index (Phi) is 7.73. The average molecular weight is 580 g/mol. The molecule has 0 radical (unpaired) electrons. The predicted molar refractivity (Wildman–Crippen MR) is 155 cm³/mol. The molecular weight excluding hydrogens is 545 g/mol. The normalized spacial score (nSPS) is 15.3. The molecule has 4 N–H and O–H groups in total. The molecule has 0 bridgehead atoms. The Morgan fingerprint density at radius 3 is 2.60 bits per heavy atom. The molecule has 1 aliphatic heterocycles. The number of aromatic nitrogens is 5. The first-order valence-corrected chi connectivity index (χ1v) is 13.7. The molecule has 42 heavy (non-hydrogen) atoms. The molecule has 14 heteroatoms. The third-order valence-electron chi connectivity index (χ3n) is 6.96. The minimum absolute atomic E-state index is 0.0351. The molecular formula is C28H34FN9O4. The lowest BCUT2D eigenvalue weighted by Gasteiger charge is -2.22. The van der Waals surface area contributed by atoms with E-state index in [1.165, 1.54) is 28.9 Å². The summed E-state index contributed by atoms with van der Waals surface area (Å²) < 4.78 is 18.0. The molecule has 3 amide bonds. The molecule has 1 fully saturated rings. The Labute approximate surface area is 240 Å². The summed E-state index contributed by atoms with van der Waals surface area (Å²) in [7, 11) is 0. The van der Waals surface area contributed by atoms with Gasteiger partial charge < -0.3 is 20.6 Å². The summed E-state index contributed by atoms with van der Waals surface area (Å²) >= 11 is 0. The zero-order valence-corrected chi connectivity index (χ0v) is 23.9. The van der Waals surface area contributed by atoms with Crippen LogP contribution in [0.1, 0.15) is 43.2 Å². The molecule has 0 spiro atoms. The number of imidazole rings is 1. The minimum Gasteiger partial charge on any atom is -0.389 e. The minimum atomic E-state index is -1.18. The summed E-state index contributed by atoms with van der Waals surface area (Å²) in [5.74, 6) is 0.0718. The Balaban J connectivity index is 1.33. The van der Waals surface area contributed by atoms with Crippen LogP contribution < -0.4 is 26.4 Å². The highest BCUT2D eigenvalue weighted by Gasteiger charge is 2.30. The van der Waals surface area contributed by atoms with Crippen molar-refractivity contribution in [3.05, 3.63) is 70.0 Å². The maximum atomic E-state index is 13.6. The van der Waals surface area contributed by atoms with Crippen LogP contribution in [0.4, 0.5) is 20.8 Å². The number of hydrogen-bond donors (Lipinski definition) is 4. The number of anilines is 2. The van der Waals surface area contributed by atoms with Crippen molar-refractivity contribution in [1.29, 1.82) is 0 Å². The molecule has 3 aromatic heterocycles. The predicted octanol–water partition coefficient (Wildman–Crippen LogP) is 2.05. The Bertz CT molecular complexity index is 1680. The smallest absolute Gasteiger partial charge is 0.320 e. The highest BCUT2D eigenvalue weighted by molar-refractivity contribution is 5.95. The van der Waals surface area contributed by atoms with Crippen LogP contribution in [0, 0.1) is 12.7 Å². The molecule has 13 nitrogen and oxygen atoms in total. The summed E-state index contributed by atoms with van der Waals surface area (Å²) in [6.07, 6.45) is 2.26. The SMILES string of the molecule is CCNC(=O)Nc1cn2nc(N3CC[C@H](NC(=O)c4c(C)n(CC(C)(C)O)n(-c5ccc(F)cc5)c4=O)C3)ccc2n1. The van der Waals surface area contributed by atoms with Crippen LogP contribution in [0.25, 0.3) is 11.3 Å². The fourth-order valence-corrected chi connectivity index (χ4v) is 5.07. The molecule has 222 valence electrons. The van der Waals surface area contributed by atoms with E-state index in [9.17, 15) is 23.9 Å². The van der Waals surface area contributed by atoms with Gasteiger partial charge in [-0.1, -0.05) is 0 Å². The number of aliphatic hydroxyl groups is 1. The maximum absolute atomic E-state index is 13.6. The molecule has 1 aliphatic rings. The number of benzene rings is 1. The van der Waals surface area contributed by atoms with Crippen molar-refractivity contribution in [1.82, 2.24) is 34.6 Å². The van der Waals surface area contributed by atoms with Crippen molar-refractivity contribution in [3.63, 3.8) is 0 Å². The van der Waals surface area contributed by atoms with Gasteiger partial charge in [0.25, 0.3) is 11.5 Å². The third-order valence-corrected chi connectivity index (χ3v) is 6.96. The largest absolute Gasteiger partial charge is 0.389 e. The molecule has 0 saturated carbocycles. The standard InChI is InChI=1S/C28H34FN9O4/c1-5-30-27(41)33-21-15-36-22(32-21)10-11-23(34-36)35-13-12-19(14-35)31-25(39)24-17(2)37(16-28(3,4)42)38(26(24)40)20-8-6-18(29)7-9-20/h6-11,15,19,42H,5,12-14,16H2,1-4H3,(H,31,39)(H2,30,33,41)/t19-/m0/s1. The van der Waals surface area contributed by atoms with Crippen molar-refractivity contribution in [3.8, 4) is 5.69 Å². The monoisotopic (exact) mass is 579 g/mol. The van der Waals surface area contributed by atoms with E-state index in [2.05, 4.69) is 26.0 Å². The molecule has 1 saturated heterocycles. The van der Waals surface area contributed by atoms with Gasteiger partial charge in [-0.15, -0.1) is 5.10 Å². The maximum Gasteiger partial charge on any atom is 0.320 e. The molecule has 1 atom stereocenters. The number of urea groups is 1. The van der Waals surface area contributed by atoms with Gasteiger partial charge >= 0.3 is 6.03 Å². The lowest BCUT2D eigenvalue weighted by atomic mass is 10.1. The molecule has 4 heterocycles. The van der Waals surface area contributed by atoms with E-state index in [1.54, 1.807) is 42.2 Å². The van der Waals surface area contributed by atoms with Gasteiger partial charge in [-0.3, -0.25) is 19.6 Å². The second kappa shape index (κ2) is 11.3. The molecule has 4 aromatic rings. The van der Waals surface area contributed by atoms with Crippen LogP contribution in [0.15, 0.2) is 47.4 Å². The highest BCUT2D eigenvalue weighted by Crippen LogP contribution is 2.21. The number of fused-ring (bicyclic) bond motifs is 1. The van der Waals surface area contributed by atoms with E-state index in [4.69, 9.17) is 0 Å². The fourth-order valence-electron chi connectivity index (χ4n) is 5.07. The average Bonchev–Trinajstić information content (AvgIpc) is 3.60. The number of rotatable bonds is 8. The summed E-state index contributed by atoms with van der Waals surface area (Å²) in [6, 6.07) is 8.40. The topological polar surface area (TPSA) is 151 Å². The summed E-state index contributed by atoms with van der Waals surface area (Å²) in [5, 5.41) is 23.4. The van der Waals surface area contributed by atoms with Gasteiger partial charge in [0.1, 0.15) is 17.2 Å². The zero-order valence-electron chi connectivity index (χ0n) is 23.9. The number of carbonyl (C=O) groups is 2. The molecule has 0 aliphatic carbocycles. The fraction of sp³-hybridized carbons (Fsp3) is 0.393. The van der Waals surface area contributed by atoms with Crippen LogP contribution in [0.2, 0.25) is 0 Å². The van der Waals surface area contributed by atoms with Crippen LogP contribution in [0.3, 0.4) is 0 Å². The zero-order chi connectivity index (χ0) is 30.2. The first kappa shape index (κ1) is 28.8. The Morgan fingerprint density at radius 2 is 1.90 bits per heavy atom. The van der Waals surface area contributed by atoms with E-state index in [0.717, 1.165) is 0 Å². The summed E-state index contributed by atoms with van der Waals surface area (Å²) in [4.78, 5) is 45.2. The summed E-state index contributed by atoms with van der Waals surface area (Å²) in [5.41, 5.74) is -0.432. The number of amides is 3. The van der Waals surface area contributed by atoms with E-state index in [1.807, 2.05) is 17.9 Å². The van der Waals surface area contributed by atoms with Crippen molar-refractivity contribution < 1.29 is 19.1 Å². The van der Waals surface area contributed by atoms with Crippen LogP contribution in [-0.4, -0.2) is 72.3 Å². The number of nitrogens with zero attached hydrogens (tertiary/aromatic N) is 6. The first-order chi connectivity index (χ1) is 19.9. The second-order valence-corrected chi connectivity index (χ2v) is 10.9. The molecule has 1 aromatic carbocycles. The first-order valence-electron chi connectivity index (χ1n) is 13.7. The van der Waals surface area contributed by atoms with Gasteiger partial charge in [0.15, 0.2) is 11.5 Å². The van der Waals surface area contributed by atoms with E-state index >= 15 is 0 Å². The third kappa shape index (κ3) is 5.98. The van der Waals surface area contributed by atoms with E-state index in [0.29, 0.717) is 54.7 Å². The number of carbonyl (C=O) groups excluding carboxylic acids is 2. The van der Waals surface area contributed by atoms with E-state index < -0.39 is 22.9 Å². The summed E-state index contributed by atoms with van der Waals surface area (Å²) in [6.45, 7) is 8.32. The van der Waals surface area contributed by atoms with Gasteiger partial charge in [-0.2, -0.15) is 0 Å². The lowest BCUT2D eigenvalue weighted by molar-refractivity contribution is 0.0545. The molecule has 0 unspecified atom stereocenters. The van der Waals surface area contributed by atoms with Gasteiger partial charge in [0.2, 0.25) is 0 Å². The number of hydrogen-bond acceptors (Lipinski definition) is 7. The van der Waals surface area contributed by atoms with Gasteiger partial charge in [0.05, 0.1) is 29.7 Å². The van der Waals surface area contributed by atoms with E-state index in [-0.39, 0.29) is 24.2 Å². The quantitative estimate of drug-likeness (QED) is 0.249. The highest BCUT2D eigenvalue weighted by atomic mass is 19.1. The Morgan fingerprint density at radius 1 is 1.17 bits per heavy atom. The van der Waals surface area contributed by atoms with Gasteiger partial charge in [0, 0.05) is 25.7 Å².